The Hall–Kier alpha value is -1.06. The van der Waals surface area contributed by atoms with Crippen LogP contribution in [-0.2, 0) is 19.1 Å². The molecule has 0 N–H and O–H groups in total. The van der Waals surface area contributed by atoms with Gasteiger partial charge >= 0.3 is 11.9 Å². The van der Waals surface area contributed by atoms with E-state index in [1.54, 1.807) is 0 Å². The number of hydrogen-bond donors (Lipinski definition) is 0. The average molecular weight is 483 g/mol. The molecule has 4 nitrogen and oxygen atoms in total. The predicted octanol–water partition coefficient (Wildman–Crippen LogP) is 9.19. The number of carbonyl (C=O) groups is 2. The van der Waals surface area contributed by atoms with Gasteiger partial charge < -0.3 is 9.47 Å². The number of ether oxygens (including phenoxy) is 2. The standard InChI is InChI=1S/C30H58O4/c1-6-11-13-14-15-16-17-18-19-20-21-22-24-30(8-3,23-12-7-2)26-27(29(32)34-10-5)25-28(31)33-9-4/h27H,6-26H2,1-5H3. The molecule has 0 aromatic rings. The predicted molar refractivity (Wildman–Crippen MR) is 144 cm³/mol. The molecule has 0 heterocycles. The van der Waals surface area contributed by atoms with Gasteiger partial charge in [0.2, 0.25) is 0 Å². The summed E-state index contributed by atoms with van der Waals surface area (Å²) in [4.78, 5) is 24.9. The lowest BCUT2D eigenvalue weighted by Crippen LogP contribution is -2.31. The highest BCUT2D eigenvalue weighted by Gasteiger charge is 2.35. The van der Waals surface area contributed by atoms with E-state index in [2.05, 4.69) is 20.8 Å². The van der Waals surface area contributed by atoms with Crippen molar-refractivity contribution in [2.24, 2.45) is 11.3 Å². The molecule has 0 spiro atoms. The topological polar surface area (TPSA) is 52.6 Å². The first-order chi connectivity index (χ1) is 16.5. The highest BCUT2D eigenvalue weighted by molar-refractivity contribution is 5.80. The molecule has 0 aliphatic carbocycles. The lowest BCUT2D eigenvalue weighted by atomic mass is 9.69. The van der Waals surface area contributed by atoms with Crippen molar-refractivity contribution in [3.05, 3.63) is 0 Å². The molecule has 0 radical (unpaired) electrons. The second kappa shape index (κ2) is 22.4. The van der Waals surface area contributed by atoms with E-state index in [0.717, 1.165) is 32.1 Å². The monoisotopic (exact) mass is 482 g/mol. The summed E-state index contributed by atoms with van der Waals surface area (Å²) in [6.07, 6.45) is 22.7. The molecule has 0 aliphatic rings. The van der Waals surface area contributed by atoms with Gasteiger partial charge in [-0.05, 0) is 38.5 Å². The summed E-state index contributed by atoms with van der Waals surface area (Å²) in [5.74, 6) is -0.917. The first-order valence-corrected chi connectivity index (χ1v) is 14.8. The van der Waals surface area contributed by atoms with Gasteiger partial charge in [-0.3, -0.25) is 9.59 Å². The zero-order chi connectivity index (χ0) is 25.5. The van der Waals surface area contributed by atoms with Crippen molar-refractivity contribution in [1.82, 2.24) is 0 Å². The maximum absolute atomic E-state index is 12.7. The Morgan fingerprint density at radius 2 is 1.09 bits per heavy atom. The summed E-state index contributed by atoms with van der Waals surface area (Å²) in [6, 6.07) is 0. The zero-order valence-electron chi connectivity index (χ0n) is 23.6. The van der Waals surface area contributed by atoms with Crippen molar-refractivity contribution in [3.63, 3.8) is 0 Å². The molecular formula is C30H58O4. The molecule has 4 heteroatoms. The summed E-state index contributed by atoms with van der Waals surface area (Å²) in [6.45, 7) is 11.1. The van der Waals surface area contributed by atoms with Gasteiger partial charge in [-0.15, -0.1) is 0 Å². The third kappa shape index (κ3) is 16.5. The van der Waals surface area contributed by atoms with Crippen LogP contribution in [0.5, 0.6) is 0 Å². The van der Waals surface area contributed by atoms with Crippen LogP contribution in [0.3, 0.4) is 0 Å². The third-order valence-electron chi connectivity index (χ3n) is 7.39. The van der Waals surface area contributed by atoms with Crippen LogP contribution in [0.25, 0.3) is 0 Å². The van der Waals surface area contributed by atoms with E-state index in [-0.39, 0.29) is 23.8 Å². The molecule has 0 rings (SSSR count). The zero-order valence-corrected chi connectivity index (χ0v) is 23.6. The van der Waals surface area contributed by atoms with Gasteiger partial charge in [-0.2, -0.15) is 0 Å². The average Bonchev–Trinajstić information content (AvgIpc) is 2.82. The van der Waals surface area contributed by atoms with Crippen molar-refractivity contribution in [2.75, 3.05) is 13.2 Å². The van der Waals surface area contributed by atoms with E-state index >= 15 is 0 Å². The summed E-state index contributed by atoms with van der Waals surface area (Å²) in [5, 5.41) is 0. The van der Waals surface area contributed by atoms with Crippen LogP contribution in [0, 0.1) is 11.3 Å². The molecule has 0 aliphatic heterocycles. The largest absolute Gasteiger partial charge is 0.466 e. The Balaban J connectivity index is 4.63. The van der Waals surface area contributed by atoms with E-state index in [0.29, 0.717) is 13.2 Å². The molecule has 0 aromatic carbocycles. The fourth-order valence-corrected chi connectivity index (χ4v) is 5.16. The Bertz CT molecular complexity index is 490. The molecule has 34 heavy (non-hydrogen) atoms. The quantitative estimate of drug-likeness (QED) is 0.102. The second-order valence-corrected chi connectivity index (χ2v) is 10.3. The van der Waals surface area contributed by atoms with E-state index in [1.807, 2.05) is 13.8 Å². The van der Waals surface area contributed by atoms with Gasteiger partial charge in [0.25, 0.3) is 0 Å². The van der Waals surface area contributed by atoms with Crippen molar-refractivity contribution in [1.29, 1.82) is 0 Å². The highest BCUT2D eigenvalue weighted by Crippen LogP contribution is 2.42. The number of carbonyl (C=O) groups excluding carboxylic acids is 2. The summed E-state index contributed by atoms with van der Waals surface area (Å²) < 4.78 is 10.5. The van der Waals surface area contributed by atoms with Crippen LogP contribution >= 0.6 is 0 Å². The molecule has 0 saturated heterocycles. The normalized spacial score (nSPS) is 13.9. The second-order valence-electron chi connectivity index (χ2n) is 10.3. The molecule has 0 bridgehead atoms. The van der Waals surface area contributed by atoms with Gasteiger partial charge in [0.05, 0.1) is 25.6 Å². The lowest BCUT2D eigenvalue weighted by molar-refractivity contribution is -0.156. The van der Waals surface area contributed by atoms with Crippen LogP contribution < -0.4 is 0 Å². The Kier molecular flexibility index (Phi) is 21.7. The molecule has 2 unspecified atom stereocenters. The maximum Gasteiger partial charge on any atom is 0.309 e. The SMILES string of the molecule is CCCCCCCCCCCCCCC(CC)(CCCC)CC(CC(=O)OCC)C(=O)OCC. The van der Waals surface area contributed by atoms with Crippen LogP contribution in [-0.4, -0.2) is 25.2 Å². The van der Waals surface area contributed by atoms with Crippen molar-refractivity contribution < 1.29 is 19.1 Å². The molecule has 2 atom stereocenters. The van der Waals surface area contributed by atoms with Crippen LogP contribution in [0.4, 0.5) is 0 Å². The van der Waals surface area contributed by atoms with Crippen molar-refractivity contribution in [3.8, 4) is 0 Å². The van der Waals surface area contributed by atoms with E-state index in [4.69, 9.17) is 9.47 Å². The number of rotatable bonds is 24. The first-order valence-electron chi connectivity index (χ1n) is 14.8. The van der Waals surface area contributed by atoms with Crippen LogP contribution in [0.1, 0.15) is 157 Å². The minimum absolute atomic E-state index is 0.110. The Morgan fingerprint density at radius 1 is 0.618 bits per heavy atom. The molecular weight excluding hydrogens is 424 g/mol. The Morgan fingerprint density at radius 3 is 1.56 bits per heavy atom. The van der Waals surface area contributed by atoms with Gasteiger partial charge in [-0.1, -0.05) is 117 Å². The van der Waals surface area contributed by atoms with Crippen molar-refractivity contribution in [2.45, 2.75) is 157 Å². The maximum atomic E-state index is 12.7. The molecule has 0 fully saturated rings. The summed E-state index contributed by atoms with van der Waals surface area (Å²) >= 11 is 0. The van der Waals surface area contributed by atoms with E-state index < -0.39 is 5.92 Å². The smallest absolute Gasteiger partial charge is 0.309 e. The highest BCUT2D eigenvalue weighted by atomic mass is 16.5. The molecule has 0 aromatic heterocycles. The fraction of sp³-hybridized carbons (Fsp3) is 0.933. The number of unbranched alkanes of at least 4 members (excludes halogenated alkanes) is 12. The minimum Gasteiger partial charge on any atom is -0.466 e. The number of esters is 2. The summed E-state index contributed by atoms with van der Waals surface area (Å²) in [5.41, 5.74) is 0.110. The Labute approximate surface area is 212 Å². The van der Waals surface area contributed by atoms with Crippen LogP contribution in [0.15, 0.2) is 0 Å². The molecule has 0 saturated carbocycles. The number of hydrogen-bond acceptors (Lipinski definition) is 4. The summed E-state index contributed by atoms with van der Waals surface area (Å²) in [7, 11) is 0. The van der Waals surface area contributed by atoms with Gasteiger partial charge in [-0.25, -0.2) is 0 Å². The van der Waals surface area contributed by atoms with Gasteiger partial charge in [0.15, 0.2) is 0 Å². The first kappa shape index (κ1) is 32.9. The van der Waals surface area contributed by atoms with E-state index in [9.17, 15) is 9.59 Å². The molecule has 0 amide bonds. The van der Waals surface area contributed by atoms with Gasteiger partial charge in [0, 0.05) is 0 Å². The lowest BCUT2D eigenvalue weighted by Gasteiger charge is -2.36. The molecule has 202 valence electrons. The fourth-order valence-electron chi connectivity index (χ4n) is 5.16. The van der Waals surface area contributed by atoms with E-state index in [1.165, 1.54) is 83.5 Å². The van der Waals surface area contributed by atoms with Crippen molar-refractivity contribution >= 4 is 11.9 Å². The van der Waals surface area contributed by atoms with Gasteiger partial charge in [0.1, 0.15) is 0 Å². The minimum atomic E-state index is -0.395. The third-order valence-corrected chi connectivity index (χ3v) is 7.39. The van der Waals surface area contributed by atoms with Crippen LogP contribution in [0.2, 0.25) is 0 Å².